The maximum atomic E-state index is 10.9. The maximum absolute atomic E-state index is 10.9. The smallest absolute Gasteiger partial charge is 0.339 e. The second-order valence-electron chi connectivity index (χ2n) is 4.15. The fraction of sp³-hybridized carbons (Fsp3) is 0.231. The summed E-state index contributed by atoms with van der Waals surface area (Å²) in [6.45, 7) is 5.75. The van der Waals surface area contributed by atoms with E-state index < -0.39 is 5.97 Å². The molecular weight excluding hydrogens is 216 g/mol. The van der Waals surface area contributed by atoms with Crippen LogP contribution in [0, 0.1) is 20.8 Å². The molecule has 0 bridgehead atoms. The number of aromatic carboxylic acids is 1. The summed E-state index contributed by atoms with van der Waals surface area (Å²) < 4.78 is 1.60. The molecule has 0 saturated carbocycles. The van der Waals surface area contributed by atoms with Gasteiger partial charge in [0.05, 0.1) is 11.4 Å². The van der Waals surface area contributed by atoms with Gasteiger partial charge >= 0.3 is 5.97 Å². The van der Waals surface area contributed by atoms with E-state index >= 15 is 0 Å². The lowest BCUT2D eigenvalue weighted by molar-refractivity contribution is 0.0696. The van der Waals surface area contributed by atoms with Crippen LogP contribution in [0.3, 0.4) is 0 Å². The number of aromatic nitrogens is 2. The summed E-state index contributed by atoms with van der Waals surface area (Å²) in [5.74, 6) is -0.947. The van der Waals surface area contributed by atoms with Crippen LogP contribution in [0.15, 0.2) is 24.4 Å². The zero-order valence-corrected chi connectivity index (χ0v) is 10.1. The molecule has 0 atom stereocenters. The number of rotatable bonds is 2. The zero-order valence-electron chi connectivity index (χ0n) is 10.1. The third-order valence-electron chi connectivity index (χ3n) is 2.88. The Balaban J connectivity index is 2.50. The molecule has 4 nitrogen and oxygen atoms in total. The molecule has 0 spiro atoms. The Morgan fingerprint density at radius 1 is 1.24 bits per heavy atom. The molecule has 1 aromatic heterocycles. The van der Waals surface area contributed by atoms with Crippen molar-refractivity contribution in [3.05, 3.63) is 46.8 Å². The summed E-state index contributed by atoms with van der Waals surface area (Å²) in [4.78, 5) is 10.9. The predicted octanol–water partition coefficient (Wildman–Crippen LogP) is 2.50. The molecule has 2 aromatic rings. The third kappa shape index (κ3) is 2.06. The summed E-state index contributed by atoms with van der Waals surface area (Å²) in [6, 6.07) is 5.93. The van der Waals surface area contributed by atoms with Crippen molar-refractivity contribution < 1.29 is 9.90 Å². The van der Waals surface area contributed by atoms with Crippen molar-refractivity contribution in [3.8, 4) is 5.69 Å². The molecule has 2 rings (SSSR count). The monoisotopic (exact) mass is 230 g/mol. The fourth-order valence-corrected chi connectivity index (χ4v) is 1.67. The summed E-state index contributed by atoms with van der Waals surface area (Å²) >= 11 is 0. The first-order valence-corrected chi connectivity index (χ1v) is 5.36. The number of aryl methyl sites for hydroxylation is 3. The van der Waals surface area contributed by atoms with Crippen molar-refractivity contribution in [2.45, 2.75) is 20.8 Å². The molecule has 0 radical (unpaired) electrons. The Labute approximate surface area is 99.5 Å². The lowest BCUT2D eigenvalue weighted by atomic mass is 10.1. The number of hydrogen-bond donors (Lipinski definition) is 1. The third-order valence-corrected chi connectivity index (χ3v) is 2.88. The first-order valence-electron chi connectivity index (χ1n) is 5.36. The van der Waals surface area contributed by atoms with Crippen LogP contribution in [-0.2, 0) is 0 Å². The van der Waals surface area contributed by atoms with Gasteiger partial charge in [-0.1, -0.05) is 6.07 Å². The van der Waals surface area contributed by atoms with Gasteiger partial charge < -0.3 is 5.11 Å². The SMILES string of the molecule is Cc1ccc(-n2cc(C(=O)O)c(C)n2)cc1C. The largest absolute Gasteiger partial charge is 0.478 e. The summed E-state index contributed by atoms with van der Waals surface area (Å²) in [7, 11) is 0. The molecule has 1 aromatic carbocycles. The minimum Gasteiger partial charge on any atom is -0.478 e. The van der Waals surface area contributed by atoms with Crippen LogP contribution < -0.4 is 0 Å². The Bertz CT molecular complexity index is 585. The van der Waals surface area contributed by atoms with Gasteiger partial charge in [0.2, 0.25) is 0 Å². The molecule has 1 heterocycles. The summed E-state index contributed by atoms with van der Waals surface area (Å²) in [6.07, 6.45) is 1.54. The van der Waals surface area contributed by atoms with E-state index in [0.29, 0.717) is 5.69 Å². The van der Waals surface area contributed by atoms with E-state index in [0.717, 1.165) is 11.3 Å². The normalized spacial score (nSPS) is 10.5. The van der Waals surface area contributed by atoms with Gasteiger partial charge in [-0.3, -0.25) is 0 Å². The molecule has 88 valence electrons. The van der Waals surface area contributed by atoms with Gasteiger partial charge in [-0.05, 0) is 44.0 Å². The van der Waals surface area contributed by atoms with Crippen molar-refractivity contribution in [2.75, 3.05) is 0 Å². The number of nitrogens with zero attached hydrogens (tertiary/aromatic N) is 2. The Kier molecular flexibility index (Phi) is 2.71. The van der Waals surface area contributed by atoms with E-state index in [1.807, 2.05) is 32.0 Å². The summed E-state index contributed by atoms with van der Waals surface area (Å²) in [5, 5.41) is 13.2. The average molecular weight is 230 g/mol. The van der Waals surface area contributed by atoms with E-state index in [4.69, 9.17) is 5.11 Å². The number of benzene rings is 1. The topological polar surface area (TPSA) is 55.1 Å². The van der Waals surface area contributed by atoms with Gasteiger partial charge in [0, 0.05) is 6.20 Å². The quantitative estimate of drug-likeness (QED) is 0.862. The lowest BCUT2D eigenvalue weighted by Crippen LogP contribution is -1.96. The van der Waals surface area contributed by atoms with E-state index in [9.17, 15) is 4.79 Å². The van der Waals surface area contributed by atoms with Crippen LogP contribution in [0.4, 0.5) is 0 Å². The molecule has 0 fully saturated rings. The Morgan fingerprint density at radius 3 is 2.47 bits per heavy atom. The molecule has 17 heavy (non-hydrogen) atoms. The molecule has 1 N–H and O–H groups in total. The highest BCUT2D eigenvalue weighted by atomic mass is 16.4. The summed E-state index contributed by atoms with van der Waals surface area (Å²) in [5.41, 5.74) is 4.01. The van der Waals surface area contributed by atoms with Gasteiger partial charge in [-0.2, -0.15) is 5.10 Å². The van der Waals surface area contributed by atoms with E-state index in [2.05, 4.69) is 5.10 Å². The maximum Gasteiger partial charge on any atom is 0.339 e. The van der Waals surface area contributed by atoms with Crippen LogP contribution in [0.5, 0.6) is 0 Å². The second-order valence-corrected chi connectivity index (χ2v) is 4.15. The number of carbonyl (C=O) groups is 1. The minimum atomic E-state index is -0.947. The zero-order chi connectivity index (χ0) is 12.6. The Hall–Kier alpha value is -2.10. The molecule has 4 heteroatoms. The van der Waals surface area contributed by atoms with Crippen molar-refractivity contribution in [1.82, 2.24) is 9.78 Å². The molecular formula is C13H14N2O2. The number of carboxylic acids is 1. The highest BCUT2D eigenvalue weighted by molar-refractivity contribution is 5.88. The Morgan fingerprint density at radius 2 is 1.94 bits per heavy atom. The molecule has 0 unspecified atom stereocenters. The molecule has 0 aliphatic carbocycles. The van der Waals surface area contributed by atoms with Gasteiger partial charge in [0.25, 0.3) is 0 Å². The van der Waals surface area contributed by atoms with Gasteiger partial charge in [-0.25, -0.2) is 9.48 Å². The van der Waals surface area contributed by atoms with E-state index in [1.54, 1.807) is 17.8 Å². The van der Waals surface area contributed by atoms with Gasteiger partial charge in [-0.15, -0.1) is 0 Å². The van der Waals surface area contributed by atoms with Crippen molar-refractivity contribution in [1.29, 1.82) is 0 Å². The first kappa shape index (κ1) is 11.4. The van der Waals surface area contributed by atoms with Crippen LogP contribution in [0.2, 0.25) is 0 Å². The van der Waals surface area contributed by atoms with E-state index in [1.165, 1.54) is 5.56 Å². The van der Waals surface area contributed by atoms with Crippen molar-refractivity contribution in [3.63, 3.8) is 0 Å². The highest BCUT2D eigenvalue weighted by Crippen LogP contribution is 2.15. The molecule has 0 saturated heterocycles. The lowest BCUT2D eigenvalue weighted by Gasteiger charge is -2.04. The highest BCUT2D eigenvalue weighted by Gasteiger charge is 2.12. The van der Waals surface area contributed by atoms with Gasteiger partial charge in [0.15, 0.2) is 0 Å². The van der Waals surface area contributed by atoms with Crippen LogP contribution in [-0.4, -0.2) is 20.9 Å². The average Bonchev–Trinajstić information content (AvgIpc) is 2.64. The molecule has 0 amide bonds. The van der Waals surface area contributed by atoms with Gasteiger partial charge in [0.1, 0.15) is 5.56 Å². The second kappa shape index (κ2) is 4.05. The standard InChI is InChI=1S/C13H14N2O2/c1-8-4-5-11(6-9(8)2)15-7-12(13(16)17)10(3)14-15/h4-7H,1-3H3,(H,16,17). The number of carboxylic acid groups (broad SMARTS) is 1. The first-order chi connectivity index (χ1) is 7.99. The minimum absolute atomic E-state index is 0.239. The molecule has 0 aliphatic heterocycles. The van der Waals surface area contributed by atoms with Crippen LogP contribution >= 0.6 is 0 Å². The van der Waals surface area contributed by atoms with Crippen molar-refractivity contribution >= 4 is 5.97 Å². The molecule has 0 aliphatic rings. The van der Waals surface area contributed by atoms with Crippen LogP contribution in [0.1, 0.15) is 27.2 Å². The van der Waals surface area contributed by atoms with E-state index in [-0.39, 0.29) is 5.56 Å². The number of hydrogen-bond acceptors (Lipinski definition) is 2. The predicted molar refractivity (Wildman–Crippen MR) is 64.7 cm³/mol. The fourth-order valence-electron chi connectivity index (χ4n) is 1.67. The van der Waals surface area contributed by atoms with Crippen molar-refractivity contribution in [2.24, 2.45) is 0 Å². The van der Waals surface area contributed by atoms with Crippen LogP contribution in [0.25, 0.3) is 5.69 Å².